The lowest BCUT2D eigenvalue weighted by Crippen LogP contribution is -2.37. The summed E-state index contributed by atoms with van der Waals surface area (Å²) in [6.07, 6.45) is 1.83. The topological polar surface area (TPSA) is 96.5 Å². The summed E-state index contributed by atoms with van der Waals surface area (Å²) in [4.78, 5) is 26.1. The average Bonchev–Trinajstić information content (AvgIpc) is 3.46. The first-order valence-corrected chi connectivity index (χ1v) is 9.88. The fraction of sp³-hybridized carbons (Fsp3) is 0.333. The van der Waals surface area contributed by atoms with E-state index in [1.165, 1.54) is 0 Å². The molecule has 0 spiro atoms. The van der Waals surface area contributed by atoms with Crippen LogP contribution in [0.1, 0.15) is 21.7 Å². The van der Waals surface area contributed by atoms with E-state index in [0.29, 0.717) is 49.4 Å². The number of morpholine rings is 1. The van der Waals surface area contributed by atoms with Crippen LogP contribution in [0.3, 0.4) is 0 Å². The van der Waals surface area contributed by atoms with Gasteiger partial charge in [0, 0.05) is 37.0 Å². The number of aromatic amines is 1. The Labute approximate surface area is 173 Å². The SMILES string of the molecule is COc1ccccc1-c1cc(C(=O)N2Cc3cnc(N4CCOCC4)nc3C2)[nH]n1. The Morgan fingerprint density at radius 1 is 1.20 bits per heavy atom. The number of amides is 1. The molecule has 2 aliphatic rings. The van der Waals surface area contributed by atoms with Gasteiger partial charge in [-0.25, -0.2) is 9.97 Å². The molecule has 9 nitrogen and oxygen atoms in total. The molecule has 154 valence electrons. The van der Waals surface area contributed by atoms with Gasteiger partial charge in [-0.05, 0) is 18.2 Å². The molecule has 0 radical (unpaired) electrons. The van der Waals surface area contributed by atoms with Crippen LogP contribution in [-0.4, -0.2) is 64.4 Å². The van der Waals surface area contributed by atoms with E-state index in [2.05, 4.69) is 20.1 Å². The average molecular weight is 406 g/mol. The Hall–Kier alpha value is -3.46. The van der Waals surface area contributed by atoms with E-state index >= 15 is 0 Å². The second kappa shape index (κ2) is 7.75. The maximum Gasteiger partial charge on any atom is 0.272 e. The Balaban J connectivity index is 1.33. The van der Waals surface area contributed by atoms with Crippen molar-refractivity contribution >= 4 is 11.9 Å². The van der Waals surface area contributed by atoms with Crippen molar-refractivity contribution in [3.63, 3.8) is 0 Å². The van der Waals surface area contributed by atoms with Gasteiger partial charge < -0.3 is 19.3 Å². The van der Waals surface area contributed by atoms with E-state index in [9.17, 15) is 4.79 Å². The zero-order chi connectivity index (χ0) is 20.5. The molecule has 2 aliphatic heterocycles. The number of ether oxygens (including phenoxy) is 2. The van der Waals surface area contributed by atoms with Gasteiger partial charge in [-0.2, -0.15) is 5.10 Å². The van der Waals surface area contributed by atoms with Gasteiger partial charge in [-0.3, -0.25) is 9.89 Å². The maximum atomic E-state index is 13.0. The third-order valence-corrected chi connectivity index (χ3v) is 5.42. The quantitative estimate of drug-likeness (QED) is 0.706. The molecule has 0 bridgehead atoms. The van der Waals surface area contributed by atoms with Crippen molar-refractivity contribution < 1.29 is 14.3 Å². The number of aromatic nitrogens is 4. The van der Waals surface area contributed by atoms with Crippen LogP contribution < -0.4 is 9.64 Å². The minimum Gasteiger partial charge on any atom is -0.496 e. The first-order valence-electron chi connectivity index (χ1n) is 9.88. The van der Waals surface area contributed by atoms with Crippen LogP contribution in [0.2, 0.25) is 0 Å². The first kappa shape index (κ1) is 18.6. The lowest BCUT2D eigenvalue weighted by atomic mass is 10.1. The highest BCUT2D eigenvalue weighted by molar-refractivity contribution is 5.93. The highest BCUT2D eigenvalue weighted by Gasteiger charge is 2.28. The van der Waals surface area contributed by atoms with Crippen LogP contribution in [0.15, 0.2) is 36.5 Å². The molecule has 0 atom stereocenters. The highest BCUT2D eigenvalue weighted by atomic mass is 16.5. The second-order valence-electron chi connectivity index (χ2n) is 7.27. The number of rotatable bonds is 4. The molecule has 0 unspecified atom stereocenters. The van der Waals surface area contributed by atoms with Gasteiger partial charge in [0.25, 0.3) is 5.91 Å². The summed E-state index contributed by atoms with van der Waals surface area (Å²) < 4.78 is 10.8. The molecular weight excluding hydrogens is 384 g/mol. The predicted octanol–water partition coefficient (Wildman–Crippen LogP) is 1.87. The molecule has 5 rings (SSSR count). The van der Waals surface area contributed by atoms with E-state index in [1.54, 1.807) is 18.1 Å². The molecule has 0 saturated carbocycles. The number of benzene rings is 1. The van der Waals surface area contributed by atoms with E-state index in [0.717, 1.165) is 29.9 Å². The number of anilines is 1. The molecule has 1 aromatic carbocycles. The molecule has 9 heteroatoms. The van der Waals surface area contributed by atoms with E-state index < -0.39 is 0 Å². The van der Waals surface area contributed by atoms with Gasteiger partial charge in [-0.15, -0.1) is 0 Å². The number of H-pyrrole nitrogens is 1. The summed E-state index contributed by atoms with van der Waals surface area (Å²) >= 11 is 0. The van der Waals surface area contributed by atoms with Crippen LogP contribution in [0.4, 0.5) is 5.95 Å². The zero-order valence-electron chi connectivity index (χ0n) is 16.7. The standard InChI is InChI=1S/C21H22N6O3/c1-29-19-5-3-2-4-15(19)16-10-17(25-24-16)20(28)27-12-14-11-22-21(23-18(14)13-27)26-6-8-30-9-7-26/h2-5,10-11H,6-9,12-13H2,1H3,(H,24,25). The Morgan fingerprint density at radius 2 is 2.03 bits per heavy atom. The smallest absolute Gasteiger partial charge is 0.272 e. The minimum atomic E-state index is -0.116. The lowest BCUT2D eigenvalue weighted by Gasteiger charge is -2.26. The van der Waals surface area contributed by atoms with Crippen molar-refractivity contribution in [3.8, 4) is 17.0 Å². The molecule has 2 aromatic heterocycles. The summed E-state index contributed by atoms with van der Waals surface area (Å²) in [6.45, 7) is 3.86. The van der Waals surface area contributed by atoms with Crippen LogP contribution >= 0.6 is 0 Å². The number of hydrogen-bond donors (Lipinski definition) is 1. The van der Waals surface area contributed by atoms with Gasteiger partial charge >= 0.3 is 0 Å². The third-order valence-electron chi connectivity index (χ3n) is 5.42. The molecule has 4 heterocycles. The monoisotopic (exact) mass is 406 g/mol. The van der Waals surface area contributed by atoms with Gasteiger partial charge in [0.1, 0.15) is 11.4 Å². The number of carbonyl (C=O) groups is 1. The molecular formula is C21H22N6O3. The van der Waals surface area contributed by atoms with E-state index in [4.69, 9.17) is 14.5 Å². The molecule has 0 aliphatic carbocycles. The Morgan fingerprint density at radius 3 is 2.87 bits per heavy atom. The summed E-state index contributed by atoms with van der Waals surface area (Å²) in [6, 6.07) is 9.35. The zero-order valence-corrected chi connectivity index (χ0v) is 16.7. The Bertz CT molecular complexity index is 1080. The summed E-state index contributed by atoms with van der Waals surface area (Å²) in [5.74, 6) is 1.29. The fourth-order valence-electron chi connectivity index (χ4n) is 3.80. The van der Waals surface area contributed by atoms with Crippen LogP contribution in [0.5, 0.6) is 5.75 Å². The van der Waals surface area contributed by atoms with Gasteiger partial charge in [0.05, 0.1) is 38.3 Å². The number of fused-ring (bicyclic) bond motifs is 1. The number of methoxy groups -OCH3 is 1. The van der Waals surface area contributed by atoms with Crippen LogP contribution in [-0.2, 0) is 17.8 Å². The molecule has 1 saturated heterocycles. The maximum absolute atomic E-state index is 13.0. The number of nitrogens with one attached hydrogen (secondary N) is 1. The van der Waals surface area contributed by atoms with Gasteiger partial charge in [0.2, 0.25) is 5.95 Å². The summed E-state index contributed by atoms with van der Waals surface area (Å²) in [5, 5.41) is 7.18. The second-order valence-corrected chi connectivity index (χ2v) is 7.27. The number of nitrogens with zero attached hydrogens (tertiary/aromatic N) is 5. The molecule has 1 fully saturated rings. The molecule has 1 N–H and O–H groups in total. The van der Waals surface area contributed by atoms with Crippen molar-refractivity contribution in [2.24, 2.45) is 0 Å². The first-order chi connectivity index (χ1) is 14.7. The van der Waals surface area contributed by atoms with Gasteiger partial charge in [0.15, 0.2) is 0 Å². The normalized spacial score (nSPS) is 15.9. The van der Waals surface area contributed by atoms with Crippen molar-refractivity contribution in [2.75, 3.05) is 38.3 Å². The largest absolute Gasteiger partial charge is 0.496 e. The number of carbonyl (C=O) groups excluding carboxylic acids is 1. The minimum absolute atomic E-state index is 0.116. The molecule has 30 heavy (non-hydrogen) atoms. The Kier molecular flexibility index (Phi) is 4.80. The van der Waals surface area contributed by atoms with Crippen molar-refractivity contribution in [1.82, 2.24) is 25.1 Å². The van der Waals surface area contributed by atoms with E-state index in [1.807, 2.05) is 30.5 Å². The molecule has 3 aromatic rings. The highest BCUT2D eigenvalue weighted by Crippen LogP contribution is 2.29. The van der Waals surface area contributed by atoms with E-state index in [-0.39, 0.29) is 5.91 Å². The van der Waals surface area contributed by atoms with Crippen LogP contribution in [0.25, 0.3) is 11.3 Å². The van der Waals surface area contributed by atoms with Crippen molar-refractivity contribution in [3.05, 3.63) is 53.5 Å². The molecule has 1 amide bonds. The van der Waals surface area contributed by atoms with Crippen molar-refractivity contribution in [1.29, 1.82) is 0 Å². The number of hydrogen-bond acceptors (Lipinski definition) is 7. The van der Waals surface area contributed by atoms with Crippen LogP contribution in [0, 0.1) is 0 Å². The summed E-state index contributed by atoms with van der Waals surface area (Å²) in [5.41, 5.74) is 3.81. The third kappa shape index (κ3) is 3.37. The summed E-state index contributed by atoms with van der Waals surface area (Å²) in [7, 11) is 1.62. The van der Waals surface area contributed by atoms with Crippen molar-refractivity contribution in [2.45, 2.75) is 13.1 Å². The predicted molar refractivity (Wildman–Crippen MR) is 109 cm³/mol. The van der Waals surface area contributed by atoms with Gasteiger partial charge in [-0.1, -0.05) is 12.1 Å². The fourth-order valence-corrected chi connectivity index (χ4v) is 3.80. The lowest BCUT2D eigenvalue weighted by molar-refractivity contribution is 0.0744. The number of para-hydroxylation sites is 1.